The molecule has 0 fully saturated rings. The number of rotatable bonds is 4. The molecule has 0 spiro atoms. The molecule has 3 heteroatoms. The minimum atomic E-state index is 0. The number of para-hydroxylation sites is 2. The molecule has 2 nitrogen and oxygen atoms in total. The zero-order valence-electron chi connectivity index (χ0n) is 15.8. The van der Waals surface area contributed by atoms with Crippen molar-refractivity contribution >= 4 is 23.8 Å². The molecule has 4 aromatic rings. The first-order valence-corrected chi connectivity index (χ1v) is 9.02. The van der Waals surface area contributed by atoms with Gasteiger partial charge in [0.05, 0.1) is 11.4 Å². The summed E-state index contributed by atoms with van der Waals surface area (Å²) >= 11 is 0. The number of benzene rings is 4. The van der Waals surface area contributed by atoms with Gasteiger partial charge in [-0.2, -0.15) is 0 Å². The van der Waals surface area contributed by atoms with Crippen molar-refractivity contribution in [2.45, 2.75) is 0 Å². The summed E-state index contributed by atoms with van der Waals surface area (Å²) in [6.45, 7) is 0. The van der Waals surface area contributed by atoms with E-state index in [2.05, 4.69) is 22.1 Å². The molecule has 4 aromatic carbocycles. The molecule has 0 saturated carbocycles. The summed E-state index contributed by atoms with van der Waals surface area (Å²) in [7, 11) is 0. The van der Waals surface area contributed by atoms with Crippen molar-refractivity contribution in [3.05, 3.63) is 132 Å². The second-order valence-corrected chi connectivity index (χ2v) is 5.82. The molecule has 0 aliphatic rings. The van der Waals surface area contributed by atoms with Gasteiger partial charge in [-0.25, -0.2) is 0 Å². The van der Waals surface area contributed by atoms with Gasteiger partial charge < -0.3 is 9.98 Å². The molecule has 0 bridgehead atoms. The van der Waals surface area contributed by atoms with Crippen molar-refractivity contribution in [1.29, 1.82) is 0 Å². The molecular weight excluding hydrogens is 447 g/mol. The molecule has 0 amide bonds. The third-order valence-electron chi connectivity index (χ3n) is 3.68. The maximum atomic E-state index is 4.32. The molecule has 4 rings (SSSR count). The zero-order valence-corrected chi connectivity index (χ0v) is 17.3. The van der Waals surface area contributed by atoms with Crippen LogP contribution >= 0.6 is 0 Å². The van der Waals surface area contributed by atoms with Crippen LogP contribution in [-0.4, -0.2) is 12.4 Å². The number of hydrogen-bond acceptors (Lipinski definition) is 2. The van der Waals surface area contributed by atoms with Crippen LogP contribution in [0.2, 0.25) is 0 Å². The first-order valence-electron chi connectivity index (χ1n) is 9.02. The van der Waals surface area contributed by atoms with E-state index in [9.17, 15) is 0 Å². The fourth-order valence-electron chi connectivity index (χ4n) is 2.29. The minimum Gasteiger partial charge on any atom is -0.305 e. The van der Waals surface area contributed by atoms with Crippen LogP contribution in [0.15, 0.2) is 119 Å². The Balaban J connectivity index is 0.000000200. The van der Waals surface area contributed by atoms with Gasteiger partial charge in [-0.05, 0) is 36.7 Å². The average molecular weight is 467 g/mol. The maximum absolute atomic E-state index is 4.32. The molecule has 29 heavy (non-hydrogen) atoms. The molecule has 0 atom stereocenters. The van der Waals surface area contributed by atoms with Crippen molar-refractivity contribution in [2.24, 2.45) is 9.98 Å². The van der Waals surface area contributed by atoms with Gasteiger partial charge in [-0.3, -0.25) is 0 Å². The molecule has 0 heterocycles. The quantitative estimate of drug-likeness (QED) is 0.187. The molecule has 0 unspecified atom stereocenters. The van der Waals surface area contributed by atoms with Crippen LogP contribution in [0.25, 0.3) is 0 Å². The van der Waals surface area contributed by atoms with Crippen LogP contribution in [-0.2, 0) is 20.4 Å². The SMILES string of the molecule is [Pd+2].[c-]1ccccc1C=Nc1ccccc1.[c-]1ccccc1C=Nc1ccccc1. The van der Waals surface area contributed by atoms with Crippen molar-refractivity contribution in [3.63, 3.8) is 0 Å². The van der Waals surface area contributed by atoms with E-state index in [0.29, 0.717) is 0 Å². The third-order valence-corrected chi connectivity index (χ3v) is 3.68. The normalized spacial score (nSPS) is 10.2. The van der Waals surface area contributed by atoms with Crippen molar-refractivity contribution in [2.75, 3.05) is 0 Å². The largest absolute Gasteiger partial charge is 2.00 e. The van der Waals surface area contributed by atoms with Crippen molar-refractivity contribution in [3.8, 4) is 0 Å². The van der Waals surface area contributed by atoms with Crippen LogP contribution in [0.4, 0.5) is 11.4 Å². The molecule has 0 aliphatic heterocycles. The molecule has 0 saturated heterocycles. The topological polar surface area (TPSA) is 24.7 Å². The third kappa shape index (κ3) is 8.62. The van der Waals surface area contributed by atoms with Gasteiger partial charge in [0.15, 0.2) is 0 Å². The van der Waals surface area contributed by atoms with Crippen LogP contribution in [0.1, 0.15) is 11.1 Å². The van der Waals surface area contributed by atoms with Gasteiger partial charge in [-0.15, -0.1) is 71.8 Å². The van der Waals surface area contributed by atoms with Gasteiger partial charge >= 0.3 is 20.4 Å². The Bertz CT molecular complexity index is 816. The molecule has 0 aliphatic carbocycles. The second kappa shape index (κ2) is 13.1. The molecular formula is C26H20N2Pd. The Hall–Kier alpha value is -3.12. The van der Waals surface area contributed by atoms with Gasteiger partial charge in [-0.1, -0.05) is 36.4 Å². The summed E-state index contributed by atoms with van der Waals surface area (Å²) < 4.78 is 0. The average Bonchev–Trinajstić information content (AvgIpc) is 2.80. The predicted molar refractivity (Wildman–Crippen MR) is 118 cm³/mol. The Morgan fingerprint density at radius 3 is 1.21 bits per heavy atom. The monoisotopic (exact) mass is 466 g/mol. The van der Waals surface area contributed by atoms with Crippen molar-refractivity contribution < 1.29 is 20.4 Å². The number of hydrogen-bond donors (Lipinski definition) is 0. The summed E-state index contributed by atoms with van der Waals surface area (Å²) in [6, 6.07) is 41.5. The fourth-order valence-corrected chi connectivity index (χ4v) is 2.29. The van der Waals surface area contributed by atoms with Crippen LogP contribution in [0.5, 0.6) is 0 Å². The van der Waals surface area contributed by atoms with E-state index >= 15 is 0 Å². The summed E-state index contributed by atoms with van der Waals surface area (Å²) in [5.74, 6) is 0. The minimum absolute atomic E-state index is 0. The summed E-state index contributed by atoms with van der Waals surface area (Å²) in [5, 5.41) is 0. The van der Waals surface area contributed by atoms with Crippen molar-refractivity contribution in [1.82, 2.24) is 0 Å². The summed E-state index contributed by atoms with van der Waals surface area (Å²) in [5.41, 5.74) is 3.92. The molecule has 0 N–H and O–H groups in total. The summed E-state index contributed by atoms with van der Waals surface area (Å²) in [6.07, 6.45) is 3.63. The van der Waals surface area contributed by atoms with E-state index in [1.54, 1.807) is 0 Å². The molecule has 0 aromatic heterocycles. The van der Waals surface area contributed by atoms with Gasteiger partial charge in [0, 0.05) is 0 Å². The first kappa shape index (κ1) is 22.2. The van der Waals surface area contributed by atoms with E-state index in [1.807, 2.05) is 122 Å². The first-order chi connectivity index (χ1) is 13.9. The van der Waals surface area contributed by atoms with Gasteiger partial charge in [0.2, 0.25) is 0 Å². The van der Waals surface area contributed by atoms with Gasteiger partial charge in [0.1, 0.15) is 0 Å². The smallest absolute Gasteiger partial charge is 0.305 e. The van der Waals surface area contributed by atoms with Crippen LogP contribution in [0, 0.1) is 12.1 Å². The Morgan fingerprint density at radius 2 is 0.862 bits per heavy atom. The van der Waals surface area contributed by atoms with E-state index in [0.717, 1.165) is 22.5 Å². The standard InChI is InChI=1S/2C13H10N.Pd/c2*1-3-7-12(8-4-1)11-14-13-9-5-2-6-10-13;/h2*1-7,9-11H;/q2*-1;+2. The Kier molecular flexibility index (Phi) is 10.0. The Morgan fingerprint density at radius 1 is 0.483 bits per heavy atom. The van der Waals surface area contributed by atoms with E-state index in [4.69, 9.17) is 0 Å². The second-order valence-electron chi connectivity index (χ2n) is 5.82. The fraction of sp³-hybridized carbons (Fsp3) is 0. The van der Waals surface area contributed by atoms with E-state index in [1.165, 1.54) is 0 Å². The Labute approximate surface area is 186 Å². The zero-order chi connectivity index (χ0) is 19.3. The molecule has 0 radical (unpaired) electrons. The predicted octanol–water partition coefficient (Wildman–Crippen LogP) is 6.47. The van der Waals surface area contributed by atoms with E-state index in [-0.39, 0.29) is 20.4 Å². The van der Waals surface area contributed by atoms with Crippen LogP contribution < -0.4 is 0 Å². The van der Waals surface area contributed by atoms with Gasteiger partial charge in [0.25, 0.3) is 0 Å². The number of aliphatic imine (C=N–C) groups is 2. The maximum Gasteiger partial charge on any atom is 2.00 e. The summed E-state index contributed by atoms with van der Waals surface area (Å²) in [4.78, 5) is 8.64. The number of nitrogens with zero attached hydrogens (tertiary/aromatic N) is 2. The molecule has 144 valence electrons. The van der Waals surface area contributed by atoms with E-state index < -0.39 is 0 Å². The van der Waals surface area contributed by atoms with Crippen LogP contribution in [0.3, 0.4) is 0 Å².